The molecule has 0 atom stereocenters. The number of rotatable bonds is 5. The van der Waals surface area contributed by atoms with Gasteiger partial charge in [0.15, 0.2) is 0 Å². The maximum absolute atomic E-state index is 3.47. The minimum absolute atomic E-state index is 1.06. The van der Waals surface area contributed by atoms with E-state index in [0.717, 1.165) is 26.2 Å². The lowest BCUT2D eigenvalue weighted by Crippen LogP contribution is -2.25. The van der Waals surface area contributed by atoms with Crippen molar-refractivity contribution in [3.63, 3.8) is 0 Å². The third-order valence-electron chi connectivity index (χ3n) is 3.29. The van der Waals surface area contributed by atoms with E-state index in [2.05, 4.69) is 35.8 Å². The Bertz CT molecular complexity index is 334. The maximum atomic E-state index is 3.47. The number of hydrogen-bond donors (Lipinski definition) is 2. The normalized spacial score (nSPS) is 14.8. The zero-order valence-electron chi connectivity index (χ0n) is 10.2. The Morgan fingerprint density at radius 1 is 1.38 bits per heavy atom. The van der Waals surface area contributed by atoms with Gasteiger partial charge in [-0.15, -0.1) is 0 Å². The molecule has 0 spiro atoms. The first-order valence-corrected chi connectivity index (χ1v) is 6.43. The van der Waals surface area contributed by atoms with Crippen molar-refractivity contribution < 1.29 is 0 Å². The van der Waals surface area contributed by atoms with Crippen LogP contribution in [0.3, 0.4) is 0 Å². The molecule has 0 aliphatic carbocycles. The Labute approximate surface area is 98.4 Å². The molecular formula is C14H22N2. The van der Waals surface area contributed by atoms with E-state index in [1.807, 2.05) is 0 Å². The quantitative estimate of drug-likeness (QED) is 0.737. The fraction of sp³-hybridized carbons (Fsp3) is 0.571. The molecule has 2 nitrogen and oxygen atoms in total. The highest BCUT2D eigenvalue weighted by molar-refractivity contribution is 5.37. The summed E-state index contributed by atoms with van der Waals surface area (Å²) in [7, 11) is 0. The molecule has 2 rings (SSSR count). The molecule has 1 aliphatic rings. The van der Waals surface area contributed by atoms with Gasteiger partial charge in [0.1, 0.15) is 0 Å². The lowest BCUT2D eigenvalue weighted by molar-refractivity contribution is 0.627. The van der Waals surface area contributed by atoms with Gasteiger partial charge in [-0.25, -0.2) is 0 Å². The van der Waals surface area contributed by atoms with E-state index in [1.54, 1.807) is 16.7 Å². The largest absolute Gasteiger partial charge is 0.317 e. The van der Waals surface area contributed by atoms with Crippen molar-refractivity contribution in [1.82, 2.24) is 10.6 Å². The summed E-state index contributed by atoms with van der Waals surface area (Å²) in [6.45, 7) is 6.57. The summed E-state index contributed by atoms with van der Waals surface area (Å²) >= 11 is 0. The first-order valence-electron chi connectivity index (χ1n) is 6.43. The Morgan fingerprint density at radius 3 is 3.19 bits per heavy atom. The molecule has 16 heavy (non-hydrogen) atoms. The van der Waals surface area contributed by atoms with Crippen LogP contribution in [0, 0.1) is 0 Å². The van der Waals surface area contributed by atoms with Crippen LogP contribution in [-0.4, -0.2) is 19.6 Å². The van der Waals surface area contributed by atoms with Crippen LogP contribution in [-0.2, 0) is 19.4 Å². The van der Waals surface area contributed by atoms with Gasteiger partial charge in [-0.3, -0.25) is 0 Å². The van der Waals surface area contributed by atoms with E-state index < -0.39 is 0 Å². The molecule has 0 unspecified atom stereocenters. The molecule has 2 N–H and O–H groups in total. The van der Waals surface area contributed by atoms with Crippen LogP contribution in [0.25, 0.3) is 0 Å². The summed E-state index contributed by atoms with van der Waals surface area (Å²) in [5, 5.41) is 6.85. The van der Waals surface area contributed by atoms with Gasteiger partial charge in [0.2, 0.25) is 0 Å². The van der Waals surface area contributed by atoms with Crippen molar-refractivity contribution in [3.8, 4) is 0 Å². The first kappa shape index (κ1) is 11.6. The minimum Gasteiger partial charge on any atom is -0.317 e. The monoisotopic (exact) mass is 218 g/mol. The van der Waals surface area contributed by atoms with Gasteiger partial charge in [-0.1, -0.05) is 25.1 Å². The average Bonchev–Trinajstić information content (AvgIpc) is 2.35. The standard InChI is InChI=1S/C14H22N2/c1-2-15-9-4-7-12-5-3-6-13-8-10-16-11-14(12)13/h3,5-6,15-16H,2,4,7-11H2,1H3. The van der Waals surface area contributed by atoms with Crippen molar-refractivity contribution >= 4 is 0 Å². The number of aryl methyl sites for hydroxylation is 1. The first-order chi connectivity index (χ1) is 7.92. The second kappa shape index (κ2) is 6.02. The molecule has 1 aliphatic heterocycles. The van der Waals surface area contributed by atoms with E-state index in [9.17, 15) is 0 Å². The van der Waals surface area contributed by atoms with E-state index >= 15 is 0 Å². The lowest BCUT2D eigenvalue weighted by atomic mass is 9.93. The fourth-order valence-corrected chi connectivity index (χ4v) is 2.40. The van der Waals surface area contributed by atoms with Crippen molar-refractivity contribution in [1.29, 1.82) is 0 Å². The summed E-state index contributed by atoms with van der Waals surface area (Å²) in [5.41, 5.74) is 4.66. The third-order valence-corrected chi connectivity index (χ3v) is 3.29. The van der Waals surface area contributed by atoms with Crippen LogP contribution >= 0.6 is 0 Å². The van der Waals surface area contributed by atoms with Crippen molar-refractivity contribution in [2.75, 3.05) is 19.6 Å². The van der Waals surface area contributed by atoms with Gasteiger partial charge in [0, 0.05) is 6.54 Å². The molecule has 1 aromatic rings. The number of fused-ring (bicyclic) bond motifs is 1. The van der Waals surface area contributed by atoms with E-state index in [1.165, 1.54) is 19.3 Å². The molecule has 0 amide bonds. The van der Waals surface area contributed by atoms with Gasteiger partial charge >= 0.3 is 0 Å². The van der Waals surface area contributed by atoms with Crippen LogP contribution in [0.4, 0.5) is 0 Å². The SMILES string of the molecule is CCNCCCc1cccc2c1CNCC2. The highest BCUT2D eigenvalue weighted by Crippen LogP contribution is 2.19. The van der Waals surface area contributed by atoms with Crippen LogP contribution in [0.2, 0.25) is 0 Å². The Hall–Kier alpha value is -0.860. The smallest absolute Gasteiger partial charge is 0.0211 e. The van der Waals surface area contributed by atoms with E-state index in [-0.39, 0.29) is 0 Å². The molecular weight excluding hydrogens is 196 g/mol. The van der Waals surface area contributed by atoms with Gasteiger partial charge in [-0.05, 0) is 55.6 Å². The average molecular weight is 218 g/mol. The van der Waals surface area contributed by atoms with Crippen LogP contribution in [0.1, 0.15) is 30.0 Å². The molecule has 1 heterocycles. The molecule has 0 saturated heterocycles. The number of hydrogen-bond acceptors (Lipinski definition) is 2. The molecule has 2 heteroatoms. The van der Waals surface area contributed by atoms with Crippen molar-refractivity contribution in [3.05, 3.63) is 34.9 Å². The second-order valence-corrected chi connectivity index (χ2v) is 4.44. The fourth-order valence-electron chi connectivity index (χ4n) is 2.40. The highest BCUT2D eigenvalue weighted by Gasteiger charge is 2.11. The summed E-state index contributed by atoms with van der Waals surface area (Å²) in [5.74, 6) is 0. The zero-order chi connectivity index (χ0) is 11.2. The number of benzene rings is 1. The van der Waals surface area contributed by atoms with Gasteiger partial charge in [0.05, 0.1) is 0 Å². The van der Waals surface area contributed by atoms with Crippen LogP contribution < -0.4 is 10.6 Å². The second-order valence-electron chi connectivity index (χ2n) is 4.44. The van der Waals surface area contributed by atoms with Crippen LogP contribution in [0.5, 0.6) is 0 Å². The molecule has 0 saturated carbocycles. The van der Waals surface area contributed by atoms with Crippen LogP contribution in [0.15, 0.2) is 18.2 Å². The molecule has 0 bridgehead atoms. The Kier molecular flexibility index (Phi) is 4.37. The zero-order valence-corrected chi connectivity index (χ0v) is 10.2. The number of nitrogens with one attached hydrogen (secondary N) is 2. The Balaban J connectivity index is 1.97. The predicted octanol–water partition coefficient (Wildman–Crippen LogP) is 1.87. The minimum atomic E-state index is 1.06. The Morgan fingerprint density at radius 2 is 2.31 bits per heavy atom. The third kappa shape index (κ3) is 2.83. The lowest BCUT2D eigenvalue weighted by Gasteiger charge is -2.20. The maximum Gasteiger partial charge on any atom is 0.0211 e. The molecule has 88 valence electrons. The highest BCUT2D eigenvalue weighted by atomic mass is 14.9. The van der Waals surface area contributed by atoms with E-state index in [0.29, 0.717) is 0 Å². The molecule has 0 radical (unpaired) electrons. The summed E-state index contributed by atoms with van der Waals surface area (Å²) in [6, 6.07) is 6.79. The van der Waals surface area contributed by atoms with Gasteiger partial charge < -0.3 is 10.6 Å². The predicted molar refractivity (Wildman–Crippen MR) is 68.7 cm³/mol. The molecule has 1 aromatic carbocycles. The topological polar surface area (TPSA) is 24.1 Å². The summed E-state index contributed by atoms with van der Waals surface area (Å²) in [4.78, 5) is 0. The van der Waals surface area contributed by atoms with E-state index in [4.69, 9.17) is 0 Å². The van der Waals surface area contributed by atoms with Gasteiger partial charge in [0.25, 0.3) is 0 Å². The molecule has 0 aromatic heterocycles. The summed E-state index contributed by atoms with van der Waals surface area (Å²) in [6.07, 6.45) is 3.64. The van der Waals surface area contributed by atoms with Gasteiger partial charge in [-0.2, -0.15) is 0 Å². The summed E-state index contributed by atoms with van der Waals surface area (Å²) < 4.78 is 0. The molecule has 0 fully saturated rings. The van der Waals surface area contributed by atoms with Crippen molar-refractivity contribution in [2.24, 2.45) is 0 Å². The van der Waals surface area contributed by atoms with Crippen molar-refractivity contribution in [2.45, 2.75) is 32.7 Å².